The topological polar surface area (TPSA) is 32.8 Å². The van der Waals surface area contributed by atoms with E-state index in [1.165, 1.54) is 4.90 Å². The summed E-state index contributed by atoms with van der Waals surface area (Å²) in [6.45, 7) is 2.48. The van der Waals surface area contributed by atoms with E-state index in [1.54, 1.807) is 7.05 Å². The monoisotopic (exact) mass is 414 g/mol. The van der Waals surface area contributed by atoms with Crippen LogP contribution in [0.3, 0.4) is 0 Å². The highest BCUT2D eigenvalue weighted by molar-refractivity contribution is 7.80. The van der Waals surface area contributed by atoms with Gasteiger partial charge in [-0.2, -0.15) is 0 Å². The highest BCUT2D eigenvalue weighted by Crippen LogP contribution is 2.31. The number of carbonyl (C=O) groups is 1. The third kappa shape index (κ3) is 3.98. The molecule has 1 saturated heterocycles. The predicted octanol–water partition coefficient (Wildman–Crippen LogP) is 5.18. The van der Waals surface area contributed by atoms with E-state index in [1.807, 2.05) is 96.8 Å². The van der Waals surface area contributed by atoms with E-state index in [2.05, 4.69) is 0 Å². The van der Waals surface area contributed by atoms with Crippen molar-refractivity contribution in [3.05, 3.63) is 101 Å². The molecule has 3 aromatic carbocycles. The summed E-state index contributed by atoms with van der Waals surface area (Å²) in [6, 6.07) is 25.7. The Bertz CT molecular complexity index is 1110. The summed E-state index contributed by atoms with van der Waals surface area (Å²) >= 11 is 5.56. The zero-order valence-electron chi connectivity index (χ0n) is 16.9. The number of aryl methyl sites for hydroxylation is 1. The largest absolute Gasteiger partial charge is 0.488 e. The second kappa shape index (κ2) is 8.51. The first kappa shape index (κ1) is 19.9. The number of likely N-dealkylation sites (N-methyl/N-ethyl adjacent to an activating group) is 1. The Kier molecular flexibility index (Phi) is 5.63. The number of nitrogens with zero attached hydrogens (tertiary/aromatic N) is 2. The lowest BCUT2D eigenvalue weighted by atomic mass is 10.1. The molecule has 30 heavy (non-hydrogen) atoms. The molecular formula is C25H22N2O2S. The van der Waals surface area contributed by atoms with Gasteiger partial charge in [-0.05, 0) is 49.0 Å². The van der Waals surface area contributed by atoms with E-state index >= 15 is 0 Å². The lowest BCUT2D eigenvalue weighted by molar-refractivity contribution is -0.121. The summed E-state index contributed by atoms with van der Waals surface area (Å²) in [7, 11) is 1.70. The molecule has 3 aromatic rings. The van der Waals surface area contributed by atoms with Crippen LogP contribution in [-0.2, 0) is 11.4 Å². The zero-order valence-corrected chi connectivity index (χ0v) is 17.7. The predicted molar refractivity (Wildman–Crippen MR) is 124 cm³/mol. The van der Waals surface area contributed by atoms with E-state index in [4.69, 9.17) is 17.0 Å². The van der Waals surface area contributed by atoms with Crippen LogP contribution in [0.5, 0.6) is 5.75 Å². The van der Waals surface area contributed by atoms with Gasteiger partial charge in [0.25, 0.3) is 5.91 Å². The van der Waals surface area contributed by atoms with E-state index in [0.29, 0.717) is 23.2 Å². The molecule has 0 saturated carbocycles. The highest BCUT2D eigenvalue weighted by Gasteiger charge is 2.36. The minimum atomic E-state index is -0.140. The molecule has 1 heterocycles. The summed E-state index contributed by atoms with van der Waals surface area (Å²) in [4.78, 5) is 16.3. The Labute approximate surface area is 182 Å². The van der Waals surface area contributed by atoms with Crippen molar-refractivity contribution in [2.45, 2.75) is 13.5 Å². The van der Waals surface area contributed by atoms with Crippen molar-refractivity contribution >= 4 is 35.0 Å². The van der Waals surface area contributed by atoms with Gasteiger partial charge in [0, 0.05) is 18.3 Å². The number of hydrogen-bond donors (Lipinski definition) is 0. The van der Waals surface area contributed by atoms with Crippen LogP contribution >= 0.6 is 12.2 Å². The number of rotatable bonds is 5. The van der Waals surface area contributed by atoms with Gasteiger partial charge in [-0.1, -0.05) is 66.2 Å². The average Bonchev–Trinajstić information content (AvgIpc) is 2.98. The molecule has 0 spiro atoms. The van der Waals surface area contributed by atoms with E-state index in [0.717, 1.165) is 22.4 Å². The molecule has 5 heteroatoms. The van der Waals surface area contributed by atoms with Crippen molar-refractivity contribution in [2.24, 2.45) is 0 Å². The van der Waals surface area contributed by atoms with Crippen molar-refractivity contribution in [1.82, 2.24) is 4.90 Å². The first-order chi connectivity index (χ1) is 14.5. The Hall–Kier alpha value is -3.44. The lowest BCUT2D eigenvalue weighted by Gasteiger charge is -2.19. The highest BCUT2D eigenvalue weighted by atomic mass is 32.1. The molecule has 0 N–H and O–H groups in total. The Morgan fingerprint density at radius 2 is 1.60 bits per heavy atom. The minimum absolute atomic E-state index is 0.140. The molecule has 1 fully saturated rings. The number of carbonyl (C=O) groups excluding carboxylic acids is 1. The van der Waals surface area contributed by atoms with Gasteiger partial charge in [0.2, 0.25) is 0 Å². The summed E-state index contributed by atoms with van der Waals surface area (Å²) in [5, 5.41) is 0.456. The van der Waals surface area contributed by atoms with Gasteiger partial charge in [0.15, 0.2) is 5.11 Å². The second-order valence-corrected chi connectivity index (χ2v) is 7.52. The van der Waals surface area contributed by atoms with E-state index in [-0.39, 0.29) is 5.91 Å². The van der Waals surface area contributed by atoms with Gasteiger partial charge >= 0.3 is 0 Å². The zero-order chi connectivity index (χ0) is 21.1. The van der Waals surface area contributed by atoms with Gasteiger partial charge in [-0.25, -0.2) is 0 Å². The van der Waals surface area contributed by atoms with Crippen molar-refractivity contribution < 1.29 is 9.53 Å². The van der Waals surface area contributed by atoms with Crippen molar-refractivity contribution in [3.8, 4) is 5.75 Å². The fourth-order valence-electron chi connectivity index (χ4n) is 3.29. The molecule has 1 aliphatic rings. The number of thiocarbonyl (C=S) groups is 1. The number of amides is 1. The molecule has 150 valence electrons. The first-order valence-electron chi connectivity index (χ1n) is 9.71. The fourth-order valence-corrected chi connectivity index (χ4v) is 3.58. The van der Waals surface area contributed by atoms with E-state index in [9.17, 15) is 4.79 Å². The van der Waals surface area contributed by atoms with Crippen LogP contribution in [0, 0.1) is 6.92 Å². The molecule has 0 bridgehead atoms. The maximum Gasteiger partial charge on any atom is 0.276 e. The quantitative estimate of drug-likeness (QED) is 0.426. The molecule has 4 rings (SSSR count). The van der Waals surface area contributed by atoms with Crippen LogP contribution in [-0.4, -0.2) is 23.0 Å². The lowest BCUT2D eigenvalue weighted by Crippen LogP contribution is -2.29. The molecule has 0 aliphatic carbocycles. The van der Waals surface area contributed by atoms with Gasteiger partial charge in [-0.15, -0.1) is 0 Å². The van der Waals surface area contributed by atoms with Gasteiger partial charge in [0.1, 0.15) is 18.1 Å². The third-order valence-electron chi connectivity index (χ3n) is 4.98. The molecule has 0 radical (unpaired) electrons. The Morgan fingerprint density at radius 1 is 0.933 bits per heavy atom. The van der Waals surface area contributed by atoms with Crippen LogP contribution in [0.4, 0.5) is 5.69 Å². The average molecular weight is 415 g/mol. The SMILES string of the molecule is Cc1ccc(N2C(=S)N(C)C(=O)/C2=C/c2ccccc2OCc2ccccc2)cc1. The fraction of sp³-hybridized carbons (Fsp3) is 0.120. The summed E-state index contributed by atoms with van der Waals surface area (Å²) in [6.07, 6.45) is 1.85. The molecule has 0 aromatic heterocycles. The van der Waals surface area contributed by atoms with Gasteiger partial charge in [0.05, 0.1) is 0 Å². The van der Waals surface area contributed by atoms with Crippen LogP contribution in [0.1, 0.15) is 16.7 Å². The van der Waals surface area contributed by atoms with Crippen molar-refractivity contribution in [2.75, 3.05) is 11.9 Å². The van der Waals surface area contributed by atoms with Crippen LogP contribution in [0.25, 0.3) is 6.08 Å². The van der Waals surface area contributed by atoms with E-state index < -0.39 is 0 Å². The molecule has 0 unspecified atom stereocenters. The van der Waals surface area contributed by atoms with Crippen LogP contribution in [0.15, 0.2) is 84.6 Å². The Balaban J connectivity index is 1.69. The van der Waals surface area contributed by atoms with Crippen molar-refractivity contribution in [3.63, 3.8) is 0 Å². The number of ether oxygens (including phenoxy) is 1. The maximum atomic E-state index is 12.9. The molecule has 0 atom stereocenters. The first-order valence-corrected chi connectivity index (χ1v) is 10.1. The summed E-state index contributed by atoms with van der Waals surface area (Å²) in [5.41, 5.74) is 4.42. The third-order valence-corrected chi connectivity index (χ3v) is 5.44. The van der Waals surface area contributed by atoms with Crippen molar-refractivity contribution in [1.29, 1.82) is 0 Å². The minimum Gasteiger partial charge on any atom is -0.488 e. The van der Waals surface area contributed by atoms with Crippen LogP contribution in [0.2, 0.25) is 0 Å². The standard InChI is InChI=1S/C25H22N2O2S/c1-18-12-14-21(15-13-18)27-22(24(28)26(2)25(27)30)16-20-10-6-7-11-23(20)29-17-19-8-4-3-5-9-19/h3-16H,17H2,1-2H3/b22-16-. The molecule has 1 amide bonds. The smallest absolute Gasteiger partial charge is 0.276 e. The summed E-state index contributed by atoms with van der Waals surface area (Å²) in [5.74, 6) is 0.574. The molecule has 4 nitrogen and oxygen atoms in total. The van der Waals surface area contributed by atoms with Crippen LogP contribution < -0.4 is 9.64 Å². The van der Waals surface area contributed by atoms with Gasteiger partial charge < -0.3 is 4.74 Å². The summed E-state index contributed by atoms with van der Waals surface area (Å²) < 4.78 is 6.06. The number of anilines is 1. The normalized spacial score (nSPS) is 15.2. The number of hydrogen-bond acceptors (Lipinski definition) is 3. The molecular weight excluding hydrogens is 392 g/mol. The van der Waals surface area contributed by atoms with Gasteiger partial charge in [-0.3, -0.25) is 14.6 Å². The Morgan fingerprint density at radius 3 is 2.33 bits per heavy atom. The maximum absolute atomic E-state index is 12.9. The number of para-hydroxylation sites is 1. The number of benzene rings is 3. The molecule has 1 aliphatic heterocycles. The second-order valence-electron chi connectivity index (χ2n) is 7.16.